The summed E-state index contributed by atoms with van der Waals surface area (Å²) < 4.78 is 22.8. The van der Waals surface area contributed by atoms with E-state index in [1.54, 1.807) is 36.7 Å². The highest BCUT2D eigenvalue weighted by Gasteiger charge is 2.11. The predicted octanol–water partition coefficient (Wildman–Crippen LogP) is 2.37. The van der Waals surface area contributed by atoms with Gasteiger partial charge in [0.15, 0.2) is 9.84 Å². The number of hydrogen-bond donors (Lipinski definition) is 2. The number of anilines is 1. The number of aromatic nitrogens is 1. The standard InChI is InChI=1S/C15H17N3O3S/c1-11(12-3-5-14(6-4-12)22(2,20)21)17-15(19)18-13-7-9-16-10-8-13/h3-11H,1-2H3,(H2,16,17,18,19)/t11-/m1/s1. The molecule has 1 atom stereocenters. The highest BCUT2D eigenvalue weighted by Crippen LogP contribution is 2.16. The summed E-state index contributed by atoms with van der Waals surface area (Å²) in [5.41, 5.74) is 1.46. The first-order valence-electron chi connectivity index (χ1n) is 6.64. The highest BCUT2D eigenvalue weighted by molar-refractivity contribution is 7.90. The lowest BCUT2D eigenvalue weighted by molar-refractivity contribution is 0.249. The van der Waals surface area contributed by atoms with Gasteiger partial charge in [-0.15, -0.1) is 0 Å². The molecule has 1 aromatic heterocycles. The van der Waals surface area contributed by atoms with Gasteiger partial charge in [-0.1, -0.05) is 12.1 Å². The van der Waals surface area contributed by atoms with Gasteiger partial charge in [-0.25, -0.2) is 13.2 Å². The maximum Gasteiger partial charge on any atom is 0.319 e. The summed E-state index contributed by atoms with van der Waals surface area (Å²) in [6.07, 6.45) is 4.33. The Bertz CT molecular complexity index is 743. The molecule has 0 aliphatic carbocycles. The molecule has 2 amide bonds. The van der Waals surface area contributed by atoms with E-state index in [0.29, 0.717) is 5.69 Å². The Kier molecular flexibility index (Phi) is 4.77. The molecule has 2 N–H and O–H groups in total. The number of pyridine rings is 1. The van der Waals surface area contributed by atoms with Crippen molar-refractivity contribution in [3.8, 4) is 0 Å². The summed E-state index contributed by atoms with van der Waals surface area (Å²) in [7, 11) is -3.21. The number of carbonyl (C=O) groups is 1. The molecule has 0 fully saturated rings. The summed E-state index contributed by atoms with van der Waals surface area (Å²) >= 11 is 0. The molecule has 1 aromatic carbocycles. The van der Waals surface area contributed by atoms with E-state index in [1.807, 2.05) is 6.92 Å². The van der Waals surface area contributed by atoms with Gasteiger partial charge in [0.2, 0.25) is 0 Å². The van der Waals surface area contributed by atoms with E-state index in [2.05, 4.69) is 15.6 Å². The molecule has 1 heterocycles. The van der Waals surface area contributed by atoms with Crippen LogP contribution in [-0.2, 0) is 9.84 Å². The fraction of sp³-hybridized carbons (Fsp3) is 0.200. The zero-order chi connectivity index (χ0) is 16.2. The Hall–Kier alpha value is -2.41. The quantitative estimate of drug-likeness (QED) is 0.905. The zero-order valence-electron chi connectivity index (χ0n) is 12.3. The first kappa shape index (κ1) is 16.0. The molecule has 0 aliphatic heterocycles. The Balaban J connectivity index is 2.00. The van der Waals surface area contributed by atoms with Gasteiger partial charge in [-0.05, 0) is 36.8 Å². The molecular formula is C15H17N3O3S. The number of nitrogens with zero attached hydrogens (tertiary/aromatic N) is 1. The van der Waals surface area contributed by atoms with E-state index in [9.17, 15) is 13.2 Å². The summed E-state index contributed by atoms with van der Waals surface area (Å²) in [6, 6.07) is 9.21. The molecule has 0 unspecified atom stereocenters. The van der Waals surface area contributed by atoms with Crippen LogP contribution in [0.4, 0.5) is 10.5 Å². The minimum Gasteiger partial charge on any atom is -0.331 e. The minimum absolute atomic E-state index is 0.254. The van der Waals surface area contributed by atoms with Crippen LogP contribution in [0.15, 0.2) is 53.7 Å². The topological polar surface area (TPSA) is 88.2 Å². The molecule has 116 valence electrons. The second kappa shape index (κ2) is 6.57. The molecule has 7 heteroatoms. The van der Waals surface area contributed by atoms with E-state index in [1.165, 1.54) is 12.1 Å². The second-order valence-corrected chi connectivity index (χ2v) is 6.91. The van der Waals surface area contributed by atoms with Gasteiger partial charge in [-0.2, -0.15) is 0 Å². The minimum atomic E-state index is -3.21. The number of amides is 2. The lowest BCUT2D eigenvalue weighted by Crippen LogP contribution is -2.31. The number of carbonyl (C=O) groups excluding carboxylic acids is 1. The van der Waals surface area contributed by atoms with Gasteiger partial charge in [-0.3, -0.25) is 4.98 Å². The molecule has 0 aliphatic rings. The van der Waals surface area contributed by atoms with Crippen LogP contribution in [0, 0.1) is 0 Å². The Morgan fingerprint density at radius 2 is 1.68 bits per heavy atom. The molecule has 0 saturated heterocycles. The number of sulfone groups is 1. The van der Waals surface area contributed by atoms with Gasteiger partial charge in [0.25, 0.3) is 0 Å². The summed E-state index contributed by atoms with van der Waals surface area (Å²) in [4.78, 5) is 16.0. The molecule has 0 spiro atoms. The van der Waals surface area contributed by atoms with E-state index < -0.39 is 9.84 Å². The predicted molar refractivity (Wildman–Crippen MR) is 84.4 cm³/mol. The van der Waals surface area contributed by atoms with Gasteiger partial charge in [0.1, 0.15) is 0 Å². The number of nitrogens with one attached hydrogen (secondary N) is 2. The number of rotatable bonds is 4. The molecule has 6 nitrogen and oxygen atoms in total. The molecule has 0 saturated carbocycles. The van der Waals surface area contributed by atoms with Gasteiger partial charge >= 0.3 is 6.03 Å². The molecule has 0 radical (unpaired) electrons. The second-order valence-electron chi connectivity index (χ2n) is 4.90. The van der Waals surface area contributed by atoms with Crippen molar-refractivity contribution >= 4 is 21.6 Å². The van der Waals surface area contributed by atoms with Crippen molar-refractivity contribution in [3.05, 3.63) is 54.4 Å². The average molecular weight is 319 g/mol. The first-order chi connectivity index (χ1) is 10.4. The third-order valence-electron chi connectivity index (χ3n) is 3.09. The van der Waals surface area contributed by atoms with E-state index in [-0.39, 0.29) is 17.0 Å². The van der Waals surface area contributed by atoms with E-state index in [4.69, 9.17) is 0 Å². The van der Waals surface area contributed by atoms with Gasteiger partial charge in [0, 0.05) is 24.3 Å². The monoisotopic (exact) mass is 319 g/mol. The van der Waals surface area contributed by atoms with Crippen LogP contribution in [0.1, 0.15) is 18.5 Å². The van der Waals surface area contributed by atoms with Crippen LogP contribution in [0.25, 0.3) is 0 Å². The van der Waals surface area contributed by atoms with Crippen LogP contribution in [0.2, 0.25) is 0 Å². The fourth-order valence-electron chi connectivity index (χ4n) is 1.89. The smallest absolute Gasteiger partial charge is 0.319 e. The van der Waals surface area contributed by atoms with Crippen LogP contribution in [0.3, 0.4) is 0 Å². The van der Waals surface area contributed by atoms with Crippen molar-refractivity contribution in [2.75, 3.05) is 11.6 Å². The summed E-state index contributed by atoms with van der Waals surface area (Å²) in [6.45, 7) is 1.82. The third kappa shape index (κ3) is 4.29. The normalized spacial score (nSPS) is 12.5. The van der Waals surface area contributed by atoms with E-state index in [0.717, 1.165) is 11.8 Å². The number of hydrogen-bond acceptors (Lipinski definition) is 4. The molecule has 0 bridgehead atoms. The van der Waals surface area contributed by atoms with Crippen LogP contribution < -0.4 is 10.6 Å². The van der Waals surface area contributed by atoms with Crippen molar-refractivity contribution in [2.24, 2.45) is 0 Å². The summed E-state index contributed by atoms with van der Waals surface area (Å²) in [5, 5.41) is 5.48. The third-order valence-corrected chi connectivity index (χ3v) is 4.22. The number of benzene rings is 1. The van der Waals surface area contributed by atoms with Crippen LogP contribution in [-0.4, -0.2) is 25.7 Å². The maximum atomic E-state index is 11.9. The highest BCUT2D eigenvalue weighted by atomic mass is 32.2. The van der Waals surface area contributed by atoms with Crippen molar-refractivity contribution in [1.82, 2.24) is 10.3 Å². The molecule has 22 heavy (non-hydrogen) atoms. The molecule has 2 aromatic rings. The Morgan fingerprint density at radius 3 is 2.23 bits per heavy atom. The molecule has 2 rings (SSSR count). The zero-order valence-corrected chi connectivity index (χ0v) is 13.1. The average Bonchev–Trinajstić information content (AvgIpc) is 2.47. The maximum absolute atomic E-state index is 11.9. The van der Waals surface area contributed by atoms with Crippen molar-refractivity contribution in [1.29, 1.82) is 0 Å². The van der Waals surface area contributed by atoms with Gasteiger partial charge in [0.05, 0.1) is 10.9 Å². The van der Waals surface area contributed by atoms with Crippen molar-refractivity contribution in [2.45, 2.75) is 17.9 Å². The SMILES string of the molecule is C[C@@H](NC(=O)Nc1ccncc1)c1ccc(S(C)(=O)=O)cc1. The first-order valence-corrected chi connectivity index (χ1v) is 8.53. The fourth-order valence-corrected chi connectivity index (χ4v) is 2.52. The number of urea groups is 1. The van der Waals surface area contributed by atoms with Crippen LogP contribution in [0.5, 0.6) is 0 Å². The van der Waals surface area contributed by atoms with Gasteiger partial charge < -0.3 is 10.6 Å². The van der Waals surface area contributed by atoms with E-state index >= 15 is 0 Å². The van der Waals surface area contributed by atoms with Crippen molar-refractivity contribution < 1.29 is 13.2 Å². The largest absolute Gasteiger partial charge is 0.331 e. The summed E-state index contributed by atoms with van der Waals surface area (Å²) in [5.74, 6) is 0. The molecular weight excluding hydrogens is 302 g/mol. The van der Waals surface area contributed by atoms with Crippen LogP contribution >= 0.6 is 0 Å². The van der Waals surface area contributed by atoms with Crippen molar-refractivity contribution in [3.63, 3.8) is 0 Å². The Labute approximate surface area is 129 Å². The lowest BCUT2D eigenvalue weighted by atomic mass is 10.1. The Morgan fingerprint density at radius 1 is 1.09 bits per heavy atom. The lowest BCUT2D eigenvalue weighted by Gasteiger charge is -2.15.